The number of rotatable bonds is 3. The molecule has 0 fully saturated rings. The van der Waals surface area contributed by atoms with E-state index in [2.05, 4.69) is 38.3 Å². The van der Waals surface area contributed by atoms with Gasteiger partial charge in [-0.1, -0.05) is 13.8 Å². The number of nitrogens with two attached hydrogens (primary N) is 1. The quantitative estimate of drug-likeness (QED) is 0.823. The molecule has 0 saturated carbocycles. The Morgan fingerprint density at radius 1 is 1.24 bits per heavy atom. The van der Waals surface area contributed by atoms with Crippen LogP contribution in [-0.4, -0.2) is 9.55 Å². The van der Waals surface area contributed by atoms with Crippen molar-refractivity contribution in [2.45, 2.75) is 40.2 Å². The van der Waals surface area contributed by atoms with Crippen LogP contribution in [0.5, 0.6) is 0 Å². The van der Waals surface area contributed by atoms with Crippen molar-refractivity contribution in [3.63, 3.8) is 0 Å². The summed E-state index contributed by atoms with van der Waals surface area (Å²) in [5.41, 5.74) is 8.78. The zero-order valence-corrected chi connectivity index (χ0v) is 11.1. The second-order valence-corrected chi connectivity index (χ2v) is 5.34. The average Bonchev–Trinajstić information content (AvgIpc) is 2.53. The van der Waals surface area contributed by atoms with E-state index < -0.39 is 0 Å². The summed E-state index contributed by atoms with van der Waals surface area (Å²) in [6.45, 7) is 8.83. The van der Waals surface area contributed by atoms with Crippen LogP contribution < -0.4 is 5.73 Å². The summed E-state index contributed by atoms with van der Waals surface area (Å²) >= 11 is 0. The molecule has 0 unspecified atom stereocenters. The first-order valence-electron chi connectivity index (χ1n) is 6.25. The van der Waals surface area contributed by atoms with Gasteiger partial charge in [-0.3, -0.25) is 0 Å². The van der Waals surface area contributed by atoms with E-state index in [1.54, 1.807) is 0 Å². The zero-order chi connectivity index (χ0) is 12.6. The Hall–Kier alpha value is -1.51. The number of hydrogen-bond donors (Lipinski definition) is 1. The molecule has 1 aromatic heterocycles. The highest BCUT2D eigenvalue weighted by molar-refractivity contribution is 5.79. The molecule has 3 heteroatoms. The smallest absolute Gasteiger partial charge is 0.110 e. The lowest BCUT2D eigenvalue weighted by molar-refractivity contribution is 0.540. The number of aromatic nitrogens is 2. The van der Waals surface area contributed by atoms with Crippen molar-refractivity contribution in [1.29, 1.82) is 0 Å². The monoisotopic (exact) mass is 231 g/mol. The Morgan fingerprint density at radius 3 is 2.53 bits per heavy atom. The van der Waals surface area contributed by atoms with Gasteiger partial charge in [0.2, 0.25) is 0 Å². The number of nitrogens with zero attached hydrogens (tertiary/aromatic N) is 2. The lowest BCUT2D eigenvalue weighted by atomic mass is 10.1. The van der Waals surface area contributed by atoms with E-state index in [0.717, 1.165) is 23.4 Å². The maximum Gasteiger partial charge on any atom is 0.110 e. The van der Waals surface area contributed by atoms with Crippen molar-refractivity contribution in [3.8, 4) is 0 Å². The van der Waals surface area contributed by atoms with Crippen molar-refractivity contribution >= 4 is 16.7 Å². The minimum absolute atomic E-state index is 0.428. The Morgan fingerprint density at radius 2 is 1.94 bits per heavy atom. The van der Waals surface area contributed by atoms with Crippen molar-refractivity contribution in [1.82, 2.24) is 9.55 Å². The molecule has 0 spiro atoms. The van der Waals surface area contributed by atoms with Crippen LogP contribution in [-0.2, 0) is 6.42 Å². The number of imidazole rings is 1. The highest BCUT2D eigenvalue weighted by Gasteiger charge is 2.14. The molecule has 0 amide bonds. The van der Waals surface area contributed by atoms with E-state index in [4.69, 9.17) is 10.7 Å². The molecule has 2 N–H and O–H groups in total. The summed E-state index contributed by atoms with van der Waals surface area (Å²) in [7, 11) is 0. The second kappa shape index (κ2) is 4.40. The van der Waals surface area contributed by atoms with Crippen molar-refractivity contribution in [3.05, 3.63) is 24.0 Å². The van der Waals surface area contributed by atoms with Gasteiger partial charge in [0.1, 0.15) is 5.82 Å². The second-order valence-electron chi connectivity index (χ2n) is 5.34. The summed E-state index contributed by atoms with van der Waals surface area (Å²) in [6, 6.07) is 6.40. The Balaban J connectivity index is 2.61. The summed E-state index contributed by atoms with van der Waals surface area (Å²) < 4.78 is 2.31. The first-order valence-corrected chi connectivity index (χ1v) is 6.25. The molecule has 92 valence electrons. The van der Waals surface area contributed by atoms with E-state index in [0.29, 0.717) is 12.0 Å². The fraction of sp³-hybridized carbons (Fsp3) is 0.500. The molecule has 0 bridgehead atoms. The van der Waals surface area contributed by atoms with E-state index >= 15 is 0 Å². The van der Waals surface area contributed by atoms with Gasteiger partial charge >= 0.3 is 0 Å². The lowest BCUT2D eigenvalue weighted by Gasteiger charge is -2.14. The largest absolute Gasteiger partial charge is 0.399 e. The molecule has 0 aliphatic carbocycles. The van der Waals surface area contributed by atoms with Crippen LogP contribution in [0.1, 0.15) is 39.6 Å². The molecule has 0 aliphatic rings. The predicted molar refractivity (Wildman–Crippen MR) is 73.1 cm³/mol. The maximum absolute atomic E-state index is 5.81. The van der Waals surface area contributed by atoms with Crippen LogP contribution in [0.3, 0.4) is 0 Å². The summed E-state index contributed by atoms with van der Waals surface area (Å²) in [6.07, 6.45) is 1.01. The van der Waals surface area contributed by atoms with Gasteiger partial charge in [-0.05, 0) is 38.0 Å². The van der Waals surface area contributed by atoms with Gasteiger partial charge in [0.05, 0.1) is 11.0 Å². The average molecular weight is 231 g/mol. The van der Waals surface area contributed by atoms with Crippen LogP contribution in [0.25, 0.3) is 11.0 Å². The molecular weight excluding hydrogens is 210 g/mol. The maximum atomic E-state index is 5.81. The first kappa shape index (κ1) is 12.0. The standard InChI is InChI=1S/C14H21N3/c1-9(2)7-14-16-12-8-11(15)5-6-13(12)17(14)10(3)4/h5-6,8-10H,7,15H2,1-4H3. The van der Waals surface area contributed by atoms with Gasteiger partial charge in [0.25, 0.3) is 0 Å². The van der Waals surface area contributed by atoms with Gasteiger partial charge < -0.3 is 10.3 Å². The molecule has 1 heterocycles. The third kappa shape index (κ3) is 2.28. The molecular formula is C14H21N3. The van der Waals surface area contributed by atoms with Crippen molar-refractivity contribution < 1.29 is 0 Å². The number of hydrogen-bond acceptors (Lipinski definition) is 2. The van der Waals surface area contributed by atoms with E-state index in [1.807, 2.05) is 12.1 Å². The van der Waals surface area contributed by atoms with E-state index in [-0.39, 0.29) is 0 Å². The number of anilines is 1. The molecule has 2 rings (SSSR count). The summed E-state index contributed by atoms with van der Waals surface area (Å²) in [5, 5.41) is 0. The Bertz CT molecular complexity index is 523. The summed E-state index contributed by atoms with van der Waals surface area (Å²) in [5.74, 6) is 1.78. The minimum Gasteiger partial charge on any atom is -0.399 e. The van der Waals surface area contributed by atoms with E-state index in [1.165, 1.54) is 5.52 Å². The normalized spacial score (nSPS) is 11.9. The number of benzene rings is 1. The third-order valence-electron chi connectivity index (χ3n) is 2.89. The van der Waals surface area contributed by atoms with Crippen molar-refractivity contribution in [2.24, 2.45) is 5.92 Å². The van der Waals surface area contributed by atoms with E-state index in [9.17, 15) is 0 Å². The molecule has 0 saturated heterocycles. The van der Waals surface area contributed by atoms with Gasteiger partial charge in [0, 0.05) is 18.2 Å². The van der Waals surface area contributed by atoms with Crippen LogP contribution in [0.2, 0.25) is 0 Å². The highest BCUT2D eigenvalue weighted by Crippen LogP contribution is 2.24. The van der Waals surface area contributed by atoms with Crippen LogP contribution in [0.15, 0.2) is 18.2 Å². The molecule has 17 heavy (non-hydrogen) atoms. The van der Waals surface area contributed by atoms with Crippen molar-refractivity contribution in [2.75, 3.05) is 5.73 Å². The molecule has 0 atom stereocenters. The summed E-state index contributed by atoms with van der Waals surface area (Å²) in [4.78, 5) is 4.72. The molecule has 2 aromatic rings. The molecule has 1 aromatic carbocycles. The van der Waals surface area contributed by atoms with Gasteiger partial charge in [-0.15, -0.1) is 0 Å². The number of nitrogen functional groups attached to an aromatic ring is 1. The molecule has 0 aliphatic heterocycles. The fourth-order valence-corrected chi connectivity index (χ4v) is 2.25. The van der Waals surface area contributed by atoms with Crippen LogP contribution in [0.4, 0.5) is 5.69 Å². The topological polar surface area (TPSA) is 43.8 Å². The fourth-order valence-electron chi connectivity index (χ4n) is 2.25. The van der Waals surface area contributed by atoms with Crippen LogP contribution in [0, 0.1) is 5.92 Å². The van der Waals surface area contributed by atoms with Gasteiger partial charge in [0.15, 0.2) is 0 Å². The molecule has 0 radical (unpaired) electrons. The Kier molecular flexibility index (Phi) is 3.09. The Labute approximate surface area is 103 Å². The lowest BCUT2D eigenvalue weighted by Crippen LogP contribution is -2.08. The highest BCUT2D eigenvalue weighted by atomic mass is 15.1. The minimum atomic E-state index is 0.428. The van der Waals surface area contributed by atoms with Gasteiger partial charge in [-0.2, -0.15) is 0 Å². The molecule has 3 nitrogen and oxygen atoms in total. The van der Waals surface area contributed by atoms with Gasteiger partial charge in [-0.25, -0.2) is 4.98 Å². The predicted octanol–water partition coefficient (Wildman–Crippen LogP) is 3.40. The first-order chi connectivity index (χ1) is 7.99. The number of fused-ring (bicyclic) bond motifs is 1. The zero-order valence-electron chi connectivity index (χ0n) is 11.1. The SMILES string of the molecule is CC(C)Cc1nc2cc(N)ccc2n1C(C)C. The third-order valence-corrected chi connectivity index (χ3v) is 2.89. The van der Waals surface area contributed by atoms with Crippen LogP contribution >= 0.6 is 0 Å².